The van der Waals surface area contributed by atoms with Gasteiger partial charge < -0.3 is 5.73 Å². The molecule has 1 aromatic carbocycles. The second-order valence-corrected chi connectivity index (χ2v) is 5.56. The highest BCUT2D eigenvalue weighted by Gasteiger charge is 2.26. The highest BCUT2D eigenvalue weighted by Crippen LogP contribution is 2.38. The fourth-order valence-electron chi connectivity index (χ4n) is 2.07. The molecule has 2 heteroatoms. The van der Waals surface area contributed by atoms with Crippen LogP contribution >= 0.6 is 11.8 Å². The Bertz CT molecular complexity index is 299. The first-order valence-corrected chi connectivity index (χ1v) is 6.69. The monoisotopic (exact) mass is 221 g/mol. The average Bonchev–Trinajstić information content (AvgIpc) is 2.69. The van der Waals surface area contributed by atoms with Gasteiger partial charge in [-0.25, -0.2) is 0 Å². The summed E-state index contributed by atoms with van der Waals surface area (Å²) in [6.07, 6.45) is 4.83. The minimum Gasteiger partial charge on any atom is -0.327 e. The third kappa shape index (κ3) is 2.56. The van der Waals surface area contributed by atoms with E-state index in [2.05, 4.69) is 31.2 Å². The number of nitrogens with two attached hydrogens (primary N) is 1. The lowest BCUT2D eigenvalue weighted by molar-refractivity contribution is 0.556. The Hall–Kier alpha value is -0.470. The minimum absolute atomic E-state index is 0.363. The van der Waals surface area contributed by atoms with E-state index in [0.29, 0.717) is 11.3 Å². The maximum atomic E-state index is 6.22. The van der Waals surface area contributed by atoms with Crippen LogP contribution in [0.15, 0.2) is 29.2 Å². The zero-order chi connectivity index (χ0) is 10.7. The van der Waals surface area contributed by atoms with Gasteiger partial charge in [-0.3, -0.25) is 0 Å². The quantitative estimate of drug-likeness (QED) is 0.845. The van der Waals surface area contributed by atoms with Gasteiger partial charge in [0.05, 0.1) is 0 Å². The van der Waals surface area contributed by atoms with Crippen molar-refractivity contribution in [2.75, 3.05) is 0 Å². The first-order chi connectivity index (χ1) is 7.31. The molecular weight excluding hydrogens is 202 g/mol. The van der Waals surface area contributed by atoms with E-state index in [0.717, 1.165) is 6.42 Å². The summed E-state index contributed by atoms with van der Waals surface area (Å²) in [4.78, 5) is 1.44. The predicted molar refractivity (Wildman–Crippen MR) is 67.3 cm³/mol. The van der Waals surface area contributed by atoms with Gasteiger partial charge in [-0.05, 0) is 24.5 Å². The molecule has 1 aromatic rings. The van der Waals surface area contributed by atoms with Gasteiger partial charge in [0.2, 0.25) is 0 Å². The largest absolute Gasteiger partial charge is 0.327 e. The topological polar surface area (TPSA) is 26.0 Å². The molecule has 2 N–H and O–H groups in total. The summed E-state index contributed by atoms with van der Waals surface area (Å²) in [6.45, 7) is 2.23. The standard InChI is InChI=1S/C13H19NS/c1-2-3-7-11(14)13-9-10-6-4-5-8-12(10)15-13/h4-6,8,11,13H,2-3,7,9,14H2,1H3. The molecule has 1 nitrogen and oxygen atoms in total. The Morgan fingerprint density at radius 2 is 2.27 bits per heavy atom. The summed E-state index contributed by atoms with van der Waals surface area (Å²) in [5.74, 6) is 0. The summed E-state index contributed by atoms with van der Waals surface area (Å²) in [5.41, 5.74) is 7.71. The van der Waals surface area contributed by atoms with E-state index in [1.54, 1.807) is 0 Å². The number of benzene rings is 1. The van der Waals surface area contributed by atoms with Gasteiger partial charge in [0.15, 0.2) is 0 Å². The maximum absolute atomic E-state index is 6.22. The van der Waals surface area contributed by atoms with Crippen molar-refractivity contribution >= 4 is 11.8 Å². The van der Waals surface area contributed by atoms with Gasteiger partial charge in [0.25, 0.3) is 0 Å². The van der Waals surface area contributed by atoms with Crippen LogP contribution in [0.1, 0.15) is 31.7 Å². The van der Waals surface area contributed by atoms with Gasteiger partial charge in [-0.1, -0.05) is 38.0 Å². The van der Waals surface area contributed by atoms with Crippen LogP contribution in [0.4, 0.5) is 0 Å². The number of fused-ring (bicyclic) bond motifs is 1. The Balaban J connectivity index is 1.94. The molecule has 0 fully saturated rings. The van der Waals surface area contributed by atoms with Crippen molar-refractivity contribution in [3.05, 3.63) is 29.8 Å². The fourth-order valence-corrected chi connectivity index (χ4v) is 3.43. The van der Waals surface area contributed by atoms with Gasteiger partial charge in [0.1, 0.15) is 0 Å². The molecule has 0 aromatic heterocycles. The van der Waals surface area contributed by atoms with Crippen molar-refractivity contribution in [1.82, 2.24) is 0 Å². The van der Waals surface area contributed by atoms with E-state index < -0.39 is 0 Å². The molecule has 82 valence electrons. The number of hydrogen-bond donors (Lipinski definition) is 1. The number of unbranched alkanes of at least 4 members (excludes halogenated alkanes) is 1. The van der Waals surface area contributed by atoms with Crippen LogP contribution in [0.25, 0.3) is 0 Å². The van der Waals surface area contributed by atoms with Gasteiger partial charge in [0, 0.05) is 16.2 Å². The van der Waals surface area contributed by atoms with Crippen LogP contribution in [0.2, 0.25) is 0 Å². The van der Waals surface area contributed by atoms with Crippen LogP contribution in [-0.4, -0.2) is 11.3 Å². The molecule has 2 unspecified atom stereocenters. The van der Waals surface area contributed by atoms with E-state index in [-0.39, 0.29) is 0 Å². The highest BCUT2D eigenvalue weighted by atomic mass is 32.2. The molecule has 0 amide bonds. The lowest BCUT2D eigenvalue weighted by atomic mass is 10.0. The highest BCUT2D eigenvalue weighted by molar-refractivity contribution is 8.00. The summed E-state index contributed by atoms with van der Waals surface area (Å²) in [5, 5.41) is 0.606. The van der Waals surface area contributed by atoms with Crippen molar-refractivity contribution in [1.29, 1.82) is 0 Å². The van der Waals surface area contributed by atoms with Gasteiger partial charge in [-0.2, -0.15) is 0 Å². The summed E-state index contributed by atoms with van der Waals surface area (Å²) >= 11 is 1.97. The molecule has 15 heavy (non-hydrogen) atoms. The molecule has 2 rings (SSSR count). The zero-order valence-electron chi connectivity index (χ0n) is 9.28. The van der Waals surface area contributed by atoms with E-state index in [9.17, 15) is 0 Å². The van der Waals surface area contributed by atoms with Crippen molar-refractivity contribution in [2.45, 2.75) is 48.8 Å². The molecule has 1 aliphatic rings. The first-order valence-electron chi connectivity index (χ1n) is 5.81. The van der Waals surface area contributed by atoms with Crippen molar-refractivity contribution < 1.29 is 0 Å². The third-order valence-electron chi connectivity index (χ3n) is 3.04. The fraction of sp³-hybridized carbons (Fsp3) is 0.538. The van der Waals surface area contributed by atoms with Crippen LogP contribution in [-0.2, 0) is 6.42 Å². The second kappa shape index (κ2) is 5.04. The van der Waals surface area contributed by atoms with E-state index >= 15 is 0 Å². The van der Waals surface area contributed by atoms with Crippen LogP contribution in [0.5, 0.6) is 0 Å². The van der Waals surface area contributed by atoms with Gasteiger partial charge in [-0.15, -0.1) is 11.8 Å². The summed E-state index contributed by atoms with van der Waals surface area (Å²) in [7, 11) is 0. The predicted octanol–water partition coefficient (Wildman–Crippen LogP) is 3.22. The average molecular weight is 221 g/mol. The Labute approximate surface area is 96.4 Å². The second-order valence-electron chi connectivity index (χ2n) is 4.27. The third-order valence-corrected chi connectivity index (χ3v) is 4.51. The SMILES string of the molecule is CCCCC(N)C1Cc2ccccc2S1. The summed E-state index contributed by atoms with van der Waals surface area (Å²) in [6, 6.07) is 9.05. The number of hydrogen-bond acceptors (Lipinski definition) is 2. The smallest absolute Gasteiger partial charge is 0.0287 e. The number of thioether (sulfide) groups is 1. The Kier molecular flexibility index (Phi) is 3.71. The molecule has 1 heterocycles. The number of rotatable bonds is 4. The van der Waals surface area contributed by atoms with Crippen LogP contribution in [0, 0.1) is 0 Å². The molecule has 0 radical (unpaired) electrons. The molecule has 0 aliphatic carbocycles. The molecular formula is C13H19NS. The van der Waals surface area contributed by atoms with E-state index in [4.69, 9.17) is 5.73 Å². The Morgan fingerprint density at radius 3 is 3.00 bits per heavy atom. The first kappa shape index (κ1) is 11.0. The molecule has 1 aliphatic heterocycles. The van der Waals surface area contributed by atoms with Crippen molar-refractivity contribution in [3.63, 3.8) is 0 Å². The minimum atomic E-state index is 0.363. The lowest BCUT2D eigenvalue weighted by Gasteiger charge is -2.17. The van der Waals surface area contributed by atoms with E-state index in [1.165, 1.54) is 29.7 Å². The van der Waals surface area contributed by atoms with Crippen molar-refractivity contribution in [3.8, 4) is 0 Å². The molecule has 2 atom stereocenters. The van der Waals surface area contributed by atoms with Crippen LogP contribution < -0.4 is 5.73 Å². The Morgan fingerprint density at radius 1 is 1.47 bits per heavy atom. The maximum Gasteiger partial charge on any atom is 0.0287 e. The van der Waals surface area contributed by atoms with E-state index in [1.807, 2.05) is 11.8 Å². The van der Waals surface area contributed by atoms with Gasteiger partial charge >= 0.3 is 0 Å². The summed E-state index contributed by atoms with van der Waals surface area (Å²) < 4.78 is 0. The lowest BCUT2D eigenvalue weighted by Crippen LogP contribution is -2.32. The molecule has 0 spiro atoms. The zero-order valence-corrected chi connectivity index (χ0v) is 10.1. The molecule has 0 saturated carbocycles. The normalized spacial score (nSPS) is 21.3. The van der Waals surface area contributed by atoms with Crippen LogP contribution in [0.3, 0.4) is 0 Å². The molecule has 0 saturated heterocycles. The molecule has 0 bridgehead atoms. The van der Waals surface area contributed by atoms with Crippen molar-refractivity contribution in [2.24, 2.45) is 5.73 Å².